The Balaban J connectivity index is 1.88. The first kappa shape index (κ1) is 18.0. The minimum atomic E-state index is -1.07. The van der Waals surface area contributed by atoms with E-state index in [1.54, 1.807) is 0 Å². The maximum atomic E-state index is 13.2. The van der Waals surface area contributed by atoms with Crippen molar-refractivity contribution in [3.63, 3.8) is 0 Å². The first-order valence-corrected chi connectivity index (χ1v) is 8.95. The third-order valence-electron chi connectivity index (χ3n) is 4.58. The van der Waals surface area contributed by atoms with E-state index in [0.717, 1.165) is 5.56 Å². The van der Waals surface area contributed by atoms with E-state index in [4.69, 9.17) is 21.7 Å². The van der Waals surface area contributed by atoms with Crippen LogP contribution in [0, 0.1) is 4.77 Å². The molecular weight excluding hydrogens is 380 g/mol. The predicted molar refractivity (Wildman–Crippen MR) is 105 cm³/mol. The number of rotatable bonds is 5. The molecule has 1 atom stereocenters. The van der Waals surface area contributed by atoms with Crippen LogP contribution in [0.5, 0.6) is 0 Å². The van der Waals surface area contributed by atoms with Crippen LogP contribution in [0.15, 0.2) is 65.3 Å². The lowest BCUT2D eigenvalue weighted by atomic mass is 10.0. The number of aromatic amines is 1. The fourth-order valence-electron chi connectivity index (χ4n) is 3.23. The van der Waals surface area contributed by atoms with E-state index >= 15 is 0 Å². The molecule has 1 aromatic heterocycles. The van der Waals surface area contributed by atoms with Crippen LogP contribution < -0.4 is 5.56 Å². The van der Waals surface area contributed by atoms with Crippen LogP contribution in [0.1, 0.15) is 22.0 Å². The molecule has 0 fully saturated rings. The summed E-state index contributed by atoms with van der Waals surface area (Å²) in [5, 5.41) is 9.52. The molecule has 8 heteroatoms. The van der Waals surface area contributed by atoms with Gasteiger partial charge < -0.3 is 19.6 Å². The molecule has 28 heavy (non-hydrogen) atoms. The number of aromatic nitrogens is 2. The largest absolute Gasteiger partial charge is 0.478 e. The van der Waals surface area contributed by atoms with Gasteiger partial charge in [0.25, 0.3) is 5.56 Å². The molecular formula is C20H16N2O5S. The highest BCUT2D eigenvalue weighted by atomic mass is 32.1. The van der Waals surface area contributed by atoms with E-state index in [0.29, 0.717) is 23.1 Å². The van der Waals surface area contributed by atoms with E-state index in [2.05, 4.69) is 4.98 Å². The summed E-state index contributed by atoms with van der Waals surface area (Å²) in [5.74, 6) is -0.569. The molecule has 0 amide bonds. The zero-order chi connectivity index (χ0) is 19.7. The van der Waals surface area contributed by atoms with Gasteiger partial charge in [0.15, 0.2) is 10.5 Å². The van der Waals surface area contributed by atoms with Crippen molar-refractivity contribution in [3.8, 4) is 0 Å². The molecule has 1 aliphatic rings. The quantitative estimate of drug-likeness (QED) is 0.642. The van der Waals surface area contributed by atoms with Crippen molar-refractivity contribution < 1.29 is 19.4 Å². The highest BCUT2D eigenvalue weighted by Gasteiger charge is 2.25. The minimum absolute atomic E-state index is 0.0753. The summed E-state index contributed by atoms with van der Waals surface area (Å²) in [6.45, 7) is 0.0847. The van der Waals surface area contributed by atoms with Crippen LogP contribution in [-0.4, -0.2) is 27.4 Å². The molecule has 4 rings (SSSR count). The molecule has 1 aliphatic heterocycles. The van der Waals surface area contributed by atoms with Crippen molar-refractivity contribution in [1.29, 1.82) is 0 Å². The number of H-pyrrole nitrogens is 1. The van der Waals surface area contributed by atoms with E-state index < -0.39 is 12.0 Å². The summed E-state index contributed by atoms with van der Waals surface area (Å²) in [4.78, 5) is 27.4. The highest BCUT2D eigenvalue weighted by molar-refractivity contribution is 7.71. The van der Waals surface area contributed by atoms with Gasteiger partial charge in [-0.15, -0.1) is 0 Å². The monoisotopic (exact) mass is 396 g/mol. The van der Waals surface area contributed by atoms with Gasteiger partial charge in [0.1, 0.15) is 12.3 Å². The summed E-state index contributed by atoms with van der Waals surface area (Å²) < 4.78 is 12.4. The maximum Gasteiger partial charge on any atom is 0.335 e. The van der Waals surface area contributed by atoms with Crippen molar-refractivity contribution in [2.24, 2.45) is 0 Å². The zero-order valence-corrected chi connectivity index (χ0v) is 15.4. The van der Waals surface area contributed by atoms with Crippen LogP contribution in [0.3, 0.4) is 0 Å². The number of nitrogens with one attached hydrogen (secondary N) is 1. The number of carbonyl (C=O) groups is 1. The predicted octanol–water partition coefficient (Wildman–Crippen LogP) is 3.39. The number of ether oxygens (including phenoxy) is 2. The Kier molecular flexibility index (Phi) is 4.70. The number of carboxylic acid groups (broad SMARTS) is 1. The number of aromatic carboxylic acids is 1. The molecule has 2 heterocycles. The van der Waals surface area contributed by atoms with Crippen molar-refractivity contribution in [1.82, 2.24) is 9.55 Å². The Bertz CT molecular complexity index is 1200. The van der Waals surface area contributed by atoms with Crippen LogP contribution in [0.25, 0.3) is 10.9 Å². The highest BCUT2D eigenvalue weighted by Crippen LogP contribution is 2.26. The molecule has 0 spiro atoms. The lowest BCUT2D eigenvalue weighted by molar-refractivity contribution is 0.0695. The third-order valence-corrected chi connectivity index (χ3v) is 4.88. The number of hydrogen-bond donors (Lipinski definition) is 2. The number of hydrogen-bond acceptors (Lipinski definition) is 5. The van der Waals surface area contributed by atoms with E-state index in [1.807, 2.05) is 30.3 Å². The van der Waals surface area contributed by atoms with E-state index in [-0.39, 0.29) is 22.7 Å². The topological polar surface area (TPSA) is 93.6 Å². The van der Waals surface area contributed by atoms with Crippen molar-refractivity contribution in [2.45, 2.75) is 12.5 Å². The van der Waals surface area contributed by atoms with Gasteiger partial charge in [-0.2, -0.15) is 0 Å². The number of carboxylic acids is 1. The zero-order valence-electron chi connectivity index (χ0n) is 14.6. The Labute approximate surface area is 164 Å². The maximum absolute atomic E-state index is 13.2. The Hall–Kier alpha value is -3.39. The number of nitrogens with zero attached hydrogens (tertiary/aromatic N) is 1. The van der Waals surface area contributed by atoms with Gasteiger partial charge in [-0.3, -0.25) is 9.36 Å². The summed E-state index contributed by atoms with van der Waals surface area (Å²) in [6, 6.07) is 13.5. The lowest BCUT2D eigenvalue weighted by Gasteiger charge is -2.20. The first-order valence-electron chi connectivity index (χ1n) is 8.55. The summed E-state index contributed by atoms with van der Waals surface area (Å²) in [5.41, 5.74) is 1.13. The summed E-state index contributed by atoms with van der Waals surface area (Å²) in [7, 11) is 0. The van der Waals surface area contributed by atoms with Gasteiger partial charge in [-0.25, -0.2) is 4.79 Å². The third kappa shape index (κ3) is 3.29. The Morgan fingerprint density at radius 3 is 2.71 bits per heavy atom. The molecule has 0 saturated carbocycles. The molecule has 7 nitrogen and oxygen atoms in total. The van der Waals surface area contributed by atoms with Gasteiger partial charge in [0, 0.05) is 6.42 Å². The average molecular weight is 396 g/mol. The number of allylic oxidation sites excluding steroid dienone is 1. The minimum Gasteiger partial charge on any atom is -0.478 e. The molecule has 0 saturated heterocycles. The van der Waals surface area contributed by atoms with Crippen molar-refractivity contribution >= 4 is 29.1 Å². The fourth-order valence-corrected chi connectivity index (χ4v) is 3.55. The van der Waals surface area contributed by atoms with Crippen LogP contribution >= 0.6 is 12.2 Å². The van der Waals surface area contributed by atoms with Gasteiger partial charge in [-0.05, 0) is 36.0 Å². The molecule has 0 radical (unpaired) electrons. The second-order valence-electron chi connectivity index (χ2n) is 6.33. The normalized spacial score (nSPS) is 14.2. The SMILES string of the molecule is O=C(O)c1ccc2c(=O)n(C(Cc3ccccc3)C3=COCO3)c(=S)[nH]c2c1. The van der Waals surface area contributed by atoms with Crippen molar-refractivity contribution in [2.75, 3.05) is 6.79 Å². The van der Waals surface area contributed by atoms with Gasteiger partial charge in [-0.1, -0.05) is 30.3 Å². The average Bonchev–Trinajstić information content (AvgIpc) is 3.22. The smallest absolute Gasteiger partial charge is 0.335 e. The van der Waals surface area contributed by atoms with Crippen LogP contribution in [0.4, 0.5) is 0 Å². The standard InChI is InChI=1S/C20H16N2O5S/c23-18-14-7-6-13(19(24)25)9-15(14)21-20(28)22(18)16(17-10-26-11-27-17)8-12-4-2-1-3-5-12/h1-7,9-10,16H,8,11H2,(H,21,28)(H,24,25). The summed E-state index contributed by atoms with van der Waals surface area (Å²) >= 11 is 5.44. The van der Waals surface area contributed by atoms with Gasteiger partial charge in [0.05, 0.1) is 16.5 Å². The second kappa shape index (κ2) is 7.32. The Morgan fingerprint density at radius 2 is 2.04 bits per heavy atom. The molecule has 0 bridgehead atoms. The van der Waals surface area contributed by atoms with E-state index in [1.165, 1.54) is 29.0 Å². The Morgan fingerprint density at radius 1 is 1.25 bits per heavy atom. The summed E-state index contributed by atoms with van der Waals surface area (Å²) in [6.07, 6.45) is 1.97. The molecule has 1 unspecified atom stereocenters. The molecule has 142 valence electrons. The van der Waals surface area contributed by atoms with Crippen LogP contribution in [0.2, 0.25) is 0 Å². The molecule has 2 aromatic carbocycles. The van der Waals surface area contributed by atoms with Crippen LogP contribution in [-0.2, 0) is 15.9 Å². The number of fused-ring (bicyclic) bond motifs is 1. The fraction of sp³-hybridized carbons (Fsp3) is 0.150. The second-order valence-corrected chi connectivity index (χ2v) is 6.71. The molecule has 3 aromatic rings. The lowest BCUT2D eigenvalue weighted by Crippen LogP contribution is -2.29. The van der Waals surface area contributed by atoms with Crippen molar-refractivity contribution in [3.05, 3.63) is 86.8 Å². The first-order chi connectivity index (χ1) is 13.5. The van der Waals surface area contributed by atoms with E-state index in [9.17, 15) is 14.7 Å². The van der Waals surface area contributed by atoms with Gasteiger partial charge >= 0.3 is 5.97 Å². The molecule has 0 aliphatic carbocycles. The number of benzene rings is 2. The molecule has 2 N–H and O–H groups in total. The van der Waals surface area contributed by atoms with Gasteiger partial charge in [0.2, 0.25) is 6.79 Å².